The Balaban J connectivity index is 1.45. The van der Waals surface area contributed by atoms with E-state index < -0.39 is 4.92 Å². The number of rotatable bonds is 2. The maximum atomic E-state index is 13.6. The van der Waals surface area contributed by atoms with E-state index in [1.807, 2.05) is 12.1 Å². The van der Waals surface area contributed by atoms with E-state index in [4.69, 9.17) is 0 Å². The Morgan fingerprint density at radius 1 is 0.781 bits per heavy atom. The van der Waals surface area contributed by atoms with Gasteiger partial charge in [-0.05, 0) is 36.4 Å². The van der Waals surface area contributed by atoms with Crippen molar-refractivity contribution in [3.05, 3.63) is 93.1 Å². The number of carbonyl (C=O) groups is 1. The van der Waals surface area contributed by atoms with E-state index in [9.17, 15) is 19.7 Å². The van der Waals surface area contributed by atoms with E-state index in [1.54, 1.807) is 58.0 Å². The number of nitro benzene ring substituents is 1. The zero-order chi connectivity index (χ0) is 22.2. The molecular weight excluding hydrogens is 408 g/mol. The van der Waals surface area contributed by atoms with Crippen LogP contribution in [0.3, 0.4) is 0 Å². The van der Waals surface area contributed by atoms with Crippen LogP contribution < -0.4 is 10.3 Å². The molecular formula is C24H20N4O4. The van der Waals surface area contributed by atoms with Crippen molar-refractivity contribution in [2.24, 2.45) is 0 Å². The first kappa shape index (κ1) is 19.7. The van der Waals surface area contributed by atoms with Crippen LogP contribution in [0.5, 0.6) is 0 Å². The van der Waals surface area contributed by atoms with Gasteiger partial charge >= 0.3 is 6.03 Å². The number of hydrogen-bond acceptors (Lipinski definition) is 5. The van der Waals surface area contributed by atoms with Crippen LogP contribution >= 0.6 is 0 Å². The molecule has 0 radical (unpaired) electrons. The molecule has 1 aliphatic heterocycles. The van der Waals surface area contributed by atoms with E-state index in [2.05, 4.69) is 4.90 Å². The highest BCUT2D eigenvalue weighted by atomic mass is 16.6. The largest absolute Gasteiger partial charge is 0.368 e. The minimum absolute atomic E-state index is 0.0551. The SMILES string of the molecule is O=C(N1CCN(c2ccc([N+](=O)[O-])cc2)CC1)n1c2ccccc2c(=O)c2ccccc21. The summed E-state index contributed by atoms with van der Waals surface area (Å²) in [6.45, 7) is 2.23. The molecule has 32 heavy (non-hydrogen) atoms. The summed E-state index contributed by atoms with van der Waals surface area (Å²) in [6.07, 6.45) is 0. The van der Waals surface area contributed by atoms with E-state index in [0.29, 0.717) is 48.0 Å². The third kappa shape index (κ3) is 3.26. The molecule has 0 bridgehead atoms. The molecule has 0 aliphatic carbocycles. The van der Waals surface area contributed by atoms with Crippen molar-refractivity contribution in [2.45, 2.75) is 0 Å². The fourth-order valence-corrected chi connectivity index (χ4v) is 4.28. The minimum Gasteiger partial charge on any atom is -0.368 e. The molecule has 1 amide bonds. The molecule has 0 N–H and O–H groups in total. The van der Waals surface area contributed by atoms with E-state index in [1.165, 1.54) is 12.1 Å². The third-order valence-electron chi connectivity index (χ3n) is 5.95. The Kier molecular flexibility index (Phi) is 4.82. The quantitative estimate of drug-likeness (QED) is 0.275. The van der Waals surface area contributed by atoms with Crippen LogP contribution in [0.1, 0.15) is 0 Å². The molecule has 3 aromatic carbocycles. The van der Waals surface area contributed by atoms with Crippen molar-refractivity contribution in [1.82, 2.24) is 9.47 Å². The van der Waals surface area contributed by atoms with Gasteiger partial charge in [-0.25, -0.2) is 4.79 Å². The molecule has 0 saturated carbocycles. The summed E-state index contributed by atoms with van der Waals surface area (Å²) in [7, 11) is 0. The number of hydrogen-bond donors (Lipinski definition) is 0. The second kappa shape index (κ2) is 7.81. The molecule has 0 spiro atoms. The minimum atomic E-state index is -0.417. The summed E-state index contributed by atoms with van der Waals surface area (Å²) in [5.74, 6) is 0. The number of pyridine rings is 1. The van der Waals surface area contributed by atoms with Crippen molar-refractivity contribution >= 4 is 39.2 Å². The molecule has 8 nitrogen and oxygen atoms in total. The van der Waals surface area contributed by atoms with Gasteiger partial charge in [0.2, 0.25) is 0 Å². The van der Waals surface area contributed by atoms with Crippen molar-refractivity contribution in [1.29, 1.82) is 0 Å². The standard InChI is InChI=1S/C24H20N4O4/c29-23-19-5-1-3-7-21(19)27(22-8-4-2-6-20(22)23)24(30)26-15-13-25(14-16-26)17-9-11-18(12-10-17)28(31)32/h1-12H,13-16H2. The van der Waals surface area contributed by atoms with Crippen LogP contribution in [0.4, 0.5) is 16.2 Å². The summed E-state index contributed by atoms with van der Waals surface area (Å²) in [4.78, 5) is 40.9. The maximum absolute atomic E-state index is 13.6. The number of non-ortho nitro benzene ring substituents is 1. The Hall–Kier alpha value is -4.20. The van der Waals surface area contributed by atoms with Gasteiger partial charge in [-0.2, -0.15) is 0 Å². The number of nitrogens with zero attached hydrogens (tertiary/aromatic N) is 4. The first-order valence-electron chi connectivity index (χ1n) is 10.4. The van der Waals surface area contributed by atoms with Gasteiger partial charge in [0, 0.05) is 54.8 Å². The molecule has 1 saturated heterocycles. The van der Waals surface area contributed by atoms with Crippen LogP contribution in [-0.4, -0.2) is 46.6 Å². The average molecular weight is 428 g/mol. The van der Waals surface area contributed by atoms with Crippen LogP contribution in [0, 0.1) is 10.1 Å². The monoisotopic (exact) mass is 428 g/mol. The van der Waals surface area contributed by atoms with Crippen LogP contribution in [0.15, 0.2) is 77.6 Å². The average Bonchev–Trinajstić information content (AvgIpc) is 2.84. The molecule has 1 aliphatic rings. The Morgan fingerprint density at radius 2 is 1.31 bits per heavy atom. The van der Waals surface area contributed by atoms with E-state index >= 15 is 0 Å². The van der Waals surface area contributed by atoms with Crippen molar-refractivity contribution in [3.8, 4) is 0 Å². The predicted octanol–water partition coefficient (Wildman–Crippen LogP) is 3.85. The van der Waals surface area contributed by atoms with Crippen LogP contribution in [-0.2, 0) is 0 Å². The van der Waals surface area contributed by atoms with Crippen molar-refractivity contribution in [3.63, 3.8) is 0 Å². The first-order valence-corrected chi connectivity index (χ1v) is 10.4. The number of benzene rings is 3. The van der Waals surface area contributed by atoms with Gasteiger partial charge in [-0.15, -0.1) is 0 Å². The Morgan fingerprint density at radius 3 is 1.84 bits per heavy atom. The fourth-order valence-electron chi connectivity index (χ4n) is 4.28. The lowest BCUT2D eigenvalue weighted by molar-refractivity contribution is -0.384. The summed E-state index contributed by atoms with van der Waals surface area (Å²) in [6, 6.07) is 20.6. The molecule has 1 aromatic heterocycles. The zero-order valence-corrected chi connectivity index (χ0v) is 17.2. The molecule has 5 rings (SSSR count). The molecule has 0 unspecified atom stereocenters. The molecule has 2 heterocycles. The second-order valence-corrected chi connectivity index (χ2v) is 7.73. The summed E-state index contributed by atoms with van der Waals surface area (Å²) in [5.41, 5.74) is 2.06. The number of aromatic nitrogens is 1. The maximum Gasteiger partial charge on any atom is 0.329 e. The Bertz CT molecular complexity index is 1340. The van der Waals surface area contributed by atoms with E-state index in [-0.39, 0.29) is 17.1 Å². The summed E-state index contributed by atoms with van der Waals surface area (Å²) >= 11 is 0. The number of fused-ring (bicyclic) bond motifs is 2. The van der Waals surface area contributed by atoms with Gasteiger partial charge in [-0.1, -0.05) is 24.3 Å². The zero-order valence-electron chi connectivity index (χ0n) is 17.2. The number of piperazine rings is 1. The second-order valence-electron chi connectivity index (χ2n) is 7.73. The lowest BCUT2D eigenvalue weighted by atomic mass is 10.1. The first-order chi connectivity index (χ1) is 15.5. The predicted molar refractivity (Wildman–Crippen MR) is 123 cm³/mol. The van der Waals surface area contributed by atoms with Crippen molar-refractivity contribution in [2.75, 3.05) is 31.1 Å². The number of anilines is 1. The van der Waals surface area contributed by atoms with Gasteiger partial charge in [0.05, 0.1) is 16.0 Å². The molecule has 1 fully saturated rings. The van der Waals surface area contributed by atoms with Gasteiger partial charge in [0.15, 0.2) is 5.43 Å². The summed E-state index contributed by atoms with van der Waals surface area (Å²) < 4.78 is 1.63. The van der Waals surface area contributed by atoms with Crippen LogP contribution in [0.2, 0.25) is 0 Å². The topological polar surface area (TPSA) is 88.7 Å². The highest BCUT2D eigenvalue weighted by Gasteiger charge is 2.25. The third-order valence-corrected chi connectivity index (χ3v) is 5.95. The Labute approximate surface area is 183 Å². The molecule has 8 heteroatoms. The number of carbonyl (C=O) groups excluding carboxylic acids is 1. The number of nitro groups is 1. The molecule has 0 atom stereocenters. The molecule has 4 aromatic rings. The van der Waals surface area contributed by atoms with Gasteiger partial charge in [-0.3, -0.25) is 19.5 Å². The van der Waals surface area contributed by atoms with Gasteiger partial charge in [0.1, 0.15) is 0 Å². The molecule has 160 valence electrons. The number of amides is 1. The van der Waals surface area contributed by atoms with E-state index in [0.717, 1.165) is 5.69 Å². The smallest absolute Gasteiger partial charge is 0.329 e. The summed E-state index contributed by atoms with van der Waals surface area (Å²) in [5, 5.41) is 11.9. The highest BCUT2D eigenvalue weighted by molar-refractivity contribution is 6.02. The van der Waals surface area contributed by atoms with Gasteiger partial charge in [0.25, 0.3) is 5.69 Å². The lowest BCUT2D eigenvalue weighted by Crippen LogP contribution is -2.50. The van der Waals surface area contributed by atoms with Gasteiger partial charge < -0.3 is 9.80 Å². The van der Waals surface area contributed by atoms with Crippen LogP contribution in [0.25, 0.3) is 21.8 Å². The fraction of sp³-hybridized carbons (Fsp3) is 0.167. The number of para-hydroxylation sites is 2. The highest BCUT2D eigenvalue weighted by Crippen LogP contribution is 2.23. The van der Waals surface area contributed by atoms with Crippen molar-refractivity contribution < 1.29 is 9.72 Å². The lowest BCUT2D eigenvalue weighted by Gasteiger charge is -2.36. The normalized spacial score (nSPS) is 14.1.